The van der Waals surface area contributed by atoms with Gasteiger partial charge < -0.3 is 5.32 Å². The number of hydrogen-bond donors (Lipinski definition) is 1. The van der Waals surface area contributed by atoms with E-state index in [1.165, 1.54) is 12.3 Å². The molecule has 1 saturated carbocycles. The van der Waals surface area contributed by atoms with E-state index in [4.69, 9.17) is 5.26 Å². The highest BCUT2D eigenvalue weighted by Gasteiger charge is 2.45. The first-order chi connectivity index (χ1) is 9.00. The van der Waals surface area contributed by atoms with E-state index in [2.05, 4.69) is 24.1 Å². The van der Waals surface area contributed by atoms with Crippen LogP contribution in [0.2, 0.25) is 0 Å². The molecular formula is C13H16N4O2. The van der Waals surface area contributed by atoms with Crippen LogP contribution >= 0.6 is 0 Å². The van der Waals surface area contributed by atoms with Crippen molar-refractivity contribution in [3.63, 3.8) is 0 Å². The summed E-state index contributed by atoms with van der Waals surface area (Å²) < 4.78 is 0. The van der Waals surface area contributed by atoms with Gasteiger partial charge >= 0.3 is 5.69 Å². The lowest BCUT2D eigenvalue weighted by Gasteiger charge is -2.20. The maximum atomic E-state index is 11.0. The molecule has 0 amide bonds. The van der Waals surface area contributed by atoms with E-state index in [0.29, 0.717) is 12.5 Å². The van der Waals surface area contributed by atoms with Crippen LogP contribution in [0.3, 0.4) is 0 Å². The largest absolute Gasteiger partial charge is 0.364 e. The van der Waals surface area contributed by atoms with Crippen LogP contribution < -0.4 is 5.32 Å². The normalized spacial score (nSPS) is 15.9. The van der Waals surface area contributed by atoms with Gasteiger partial charge in [0.2, 0.25) is 5.82 Å². The Balaban J connectivity index is 2.22. The second kappa shape index (κ2) is 4.84. The lowest BCUT2D eigenvalue weighted by molar-refractivity contribution is -0.384. The molecule has 1 heterocycles. The number of nitriles is 1. The van der Waals surface area contributed by atoms with Gasteiger partial charge in [-0.3, -0.25) is 10.1 Å². The predicted octanol–water partition coefficient (Wildman–Crippen LogP) is 2.71. The Morgan fingerprint density at radius 1 is 1.63 bits per heavy atom. The Hall–Kier alpha value is -2.16. The fraction of sp³-hybridized carbons (Fsp3) is 0.538. The van der Waals surface area contributed by atoms with Gasteiger partial charge in [-0.05, 0) is 30.2 Å². The number of nitrogens with zero attached hydrogens (tertiary/aromatic N) is 3. The Morgan fingerprint density at radius 2 is 2.32 bits per heavy atom. The van der Waals surface area contributed by atoms with Crippen molar-refractivity contribution in [3.8, 4) is 6.07 Å². The monoisotopic (exact) mass is 260 g/mol. The molecule has 6 nitrogen and oxygen atoms in total. The highest BCUT2D eigenvalue weighted by atomic mass is 16.6. The average Bonchev–Trinajstić information content (AvgIpc) is 3.16. The molecule has 2 rings (SSSR count). The van der Waals surface area contributed by atoms with Gasteiger partial charge in [-0.2, -0.15) is 5.26 Å². The highest BCUT2D eigenvalue weighted by Crippen LogP contribution is 2.51. The molecule has 0 radical (unpaired) electrons. The summed E-state index contributed by atoms with van der Waals surface area (Å²) in [6.07, 6.45) is 3.68. The molecule has 0 spiro atoms. The molecule has 100 valence electrons. The van der Waals surface area contributed by atoms with Gasteiger partial charge in [-0.1, -0.05) is 13.8 Å². The van der Waals surface area contributed by atoms with Crippen LogP contribution in [0.4, 0.5) is 11.5 Å². The van der Waals surface area contributed by atoms with Gasteiger partial charge in [0.15, 0.2) is 0 Å². The quantitative estimate of drug-likeness (QED) is 0.649. The second-order valence-corrected chi connectivity index (χ2v) is 5.30. The zero-order valence-electron chi connectivity index (χ0n) is 11.0. The summed E-state index contributed by atoms with van der Waals surface area (Å²) in [7, 11) is 0. The van der Waals surface area contributed by atoms with E-state index in [1.54, 1.807) is 0 Å². The van der Waals surface area contributed by atoms with E-state index >= 15 is 0 Å². The molecule has 6 heteroatoms. The second-order valence-electron chi connectivity index (χ2n) is 5.30. The van der Waals surface area contributed by atoms with Crippen LogP contribution in [0.1, 0.15) is 32.3 Å². The first-order valence-corrected chi connectivity index (χ1v) is 6.27. The number of anilines is 1. The van der Waals surface area contributed by atoms with E-state index in [1.807, 2.05) is 6.07 Å². The SMILES string of the molecule is CC(C)C1(CNc2nccc(C#N)c2[N+](=O)[O-])CC1. The summed E-state index contributed by atoms with van der Waals surface area (Å²) in [6, 6.07) is 3.19. The molecular weight excluding hydrogens is 244 g/mol. The van der Waals surface area contributed by atoms with Gasteiger partial charge in [0.1, 0.15) is 11.6 Å². The molecule has 0 bridgehead atoms. The first-order valence-electron chi connectivity index (χ1n) is 6.27. The lowest BCUT2D eigenvalue weighted by Crippen LogP contribution is -2.21. The molecule has 1 N–H and O–H groups in total. The van der Waals surface area contributed by atoms with Crippen LogP contribution in [0.5, 0.6) is 0 Å². The van der Waals surface area contributed by atoms with E-state index in [-0.39, 0.29) is 22.5 Å². The lowest BCUT2D eigenvalue weighted by atomic mass is 9.92. The number of rotatable bonds is 5. The van der Waals surface area contributed by atoms with Crippen molar-refractivity contribution < 1.29 is 4.92 Å². The van der Waals surface area contributed by atoms with Crippen molar-refractivity contribution in [1.29, 1.82) is 5.26 Å². The topological polar surface area (TPSA) is 91.8 Å². The molecule has 0 aromatic carbocycles. The maximum absolute atomic E-state index is 11.0. The number of nitrogens with one attached hydrogen (secondary N) is 1. The molecule has 0 atom stereocenters. The van der Waals surface area contributed by atoms with Crippen molar-refractivity contribution >= 4 is 11.5 Å². The number of hydrogen-bond acceptors (Lipinski definition) is 5. The zero-order valence-corrected chi connectivity index (χ0v) is 11.0. The zero-order chi connectivity index (χ0) is 14.0. The van der Waals surface area contributed by atoms with Gasteiger partial charge in [0.25, 0.3) is 0 Å². The van der Waals surface area contributed by atoms with E-state index in [9.17, 15) is 10.1 Å². The number of pyridine rings is 1. The predicted molar refractivity (Wildman–Crippen MR) is 70.6 cm³/mol. The number of aromatic nitrogens is 1. The molecule has 1 aliphatic rings. The summed E-state index contributed by atoms with van der Waals surface area (Å²) >= 11 is 0. The van der Waals surface area contributed by atoms with Crippen LogP contribution in [-0.2, 0) is 0 Å². The minimum atomic E-state index is -0.553. The van der Waals surface area contributed by atoms with Gasteiger partial charge in [0, 0.05) is 12.7 Å². The number of nitro groups is 1. The Labute approximate surface area is 111 Å². The smallest absolute Gasteiger partial charge is 0.328 e. The molecule has 19 heavy (non-hydrogen) atoms. The average molecular weight is 260 g/mol. The molecule has 0 unspecified atom stereocenters. The summed E-state index contributed by atoms with van der Waals surface area (Å²) in [5.74, 6) is 0.717. The van der Waals surface area contributed by atoms with Crippen molar-refractivity contribution in [3.05, 3.63) is 27.9 Å². The summed E-state index contributed by atoms with van der Waals surface area (Å²) in [4.78, 5) is 14.5. The standard InChI is InChI=1S/C13H16N4O2/c1-9(2)13(4-5-13)8-16-12-11(17(18)19)10(7-14)3-6-15-12/h3,6,9H,4-5,8H2,1-2H3,(H,15,16). The van der Waals surface area contributed by atoms with Crippen molar-refractivity contribution in [1.82, 2.24) is 4.98 Å². The minimum Gasteiger partial charge on any atom is -0.364 e. The van der Waals surface area contributed by atoms with E-state index < -0.39 is 4.92 Å². The van der Waals surface area contributed by atoms with Crippen LogP contribution in [0.25, 0.3) is 0 Å². The first kappa shape index (κ1) is 13.3. The van der Waals surface area contributed by atoms with Gasteiger partial charge in [-0.25, -0.2) is 4.98 Å². The highest BCUT2D eigenvalue weighted by molar-refractivity contribution is 5.64. The fourth-order valence-corrected chi connectivity index (χ4v) is 2.24. The summed E-state index contributed by atoms with van der Waals surface area (Å²) in [5.41, 5.74) is 0.0273. The maximum Gasteiger partial charge on any atom is 0.328 e. The molecule has 0 aliphatic heterocycles. The summed E-state index contributed by atoms with van der Waals surface area (Å²) in [5, 5.41) is 23.0. The molecule has 1 aliphatic carbocycles. The third-order valence-electron chi connectivity index (χ3n) is 3.95. The van der Waals surface area contributed by atoms with Crippen molar-refractivity contribution in [2.24, 2.45) is 11.3 Å². The fourth-order valence-electron chi connectivity index (χ4n) is 2.24. The molecule has 1 aromatic heterocycles. The Kier molecular flexibility index (Phi) is 3.38. The van der Waals surface area contributed by atoms with Crippen LogP contribution in [0, 0.1) is 32.8 Å². The molecule has 1 fully saturated rings. The van der Waals surface area contributed by atoms with Crippen molar-refractivity contribution in [2.45, 2.75) is 26.7 Å². The third-order valence-corrected chi connectivity index (χ3v) is 3.95. The van der Waals surface area contributed by atoms with Crippen LogP contribution in [-0.4, -0.2) is 16.5 Å². The van der Waals surface area contributed by atoms with E-state index in [0.717, 1.165) is 12.8 Å². The third kappa shape index (κ3) is 2.50. The summed E-state index contributed by atoms with van der Waals surface area (Å²) in [6.45, 7) is 4.97. The Morgan fingerprint density at radius 3 is 2.79 bits per heavy atom. The van der Waals surface area contributed by atoms with Gasteiger partial charge in [-0.15, -0.1) is 0 Å². The van der Waals surface area contributed by atoms with Crippen LogP contribution in [0.15, 0.2) is 12.3 Å². The molecule has 0 saturated heterocycles. The van der Waals surface area contributed by atoms with Gasteiger partial charge in [0.05, 0.1) is 4.92 Å². The van der Waals surface area contributed by atoms with Crippen molar-refractivity contribution in [2.75, 3.05) is 11.9 Å². The molecule has 1 aromatic rings. The minimum absolute atomic E-state index is 0.0388. The Bertz CT molecular complexity index is 544.